The third kappa shape index (κ3) is 3.46. The Morgan fingerprint density at radius 1 is 1.27 bits per heavy atom. The number of aromatic nitrogens is 1. The van der Waals surface area contributed by atoms with Gasteiger partial charge in [0.05, 0.1) is 27.0 Å². The number of primary sulfonamides is 1. The van der Waals surface area contributed by atoms with Crippen LogP contribution in [0.2, 0.25) is 0 Å². The maximum absolute atomic E-state index is 12.7. The summed E-state index contributed by atoms with van der Waals surface area (Å²) in [7, 11) is -3.90. The third-order valence-electron chi connectivity index (χ3n) is 4.34. The predicted molar refractivity (Wildman–Crippen MR) is 112 cm³/mol. The SMILES string of the molecule is C#CCn1c(=NC(=O)c2coc3ccccc3c2=O)sc2cc(S(N)(=O)=O)ccc21. The highest BCUT2D eigenvalue weighted by atomic mass is 32.2. The smallest absolute Gasteiger partial charge is 0.286 e. The van der Waals surface area contributed by atoms with Crippen LogP contribution in [0.5, 0.6) is 0 Å². The van der Waals surface area contributed by atoms with Gasteiger partial charge in [0, 0.05) is 0 Å². The molecule has 2 aromatic heterocycles. The van der Waals surface area contributed by atoms with Crippen LogP contribution in [0.15, 0.2) is 67.8 Å². The van der Waals surface area contributed by atoms with E-state index in [2.05, 4.69) is 10.9 Å². The molecule has 0 atom stereocenters. The van der Waals surface area contributed by atoms with E-state index in [1.54, 1.807) is 28.8 Å². The Balaban J connectivity index is 1.91. The van der Waals surface area contributed by atoms with Crippen molar-refractivity contribution in [2.45, 2.75) is 11.4 Å². The molecule has 30 heavy (non-hydrogen) atoms. The van der Waals surface area contributed by atoms with E-state index in [1.807, 2.05) is 0 Å². The topological polar surface area (TPSA) is 125 Å². The minimum atomic E-state index is -3.90. The summed E-state index contributed by atoms with van der Waals surface area (Å²) in [5.74, 6) is 1.68. The van der Waals surface area contributed by atoms with Crippen molar-refractivity contribution in [2.75, 3.05) is 0 Å². The van der Waals surface area contributed by atoms with Gasteiger partial charge in [0.15, 0.2) is 4.80 Å². The standard InChI is InChI=1S/C20H13N3O5S2/c1-2-9-23-15-8-7-12(30(21,26)27)10-17(15)29-20(23)22-19(25)14-11-28-16-6-4-3-5-13(16)18(14)24/h1,3-8,10-11H,9H2,(H2,21,26,27). The molecule has 2 N–H and O–H groups in total. The first-order valence-corrected chi connectivity index (χ1v) is 10.8. The number of terminal acetylenes is 1. The molecule has 0 fully saturated rings. The van der Waals surface area contributed by atoms with Crippen molar-refractivity contribution in [2.24, 2.45) is 10.1 Å². The van der Waals surface area contributed by atoms with E-state index in [0.717, 1.165) is 17.6 Å². The molecule has 2 aromatic carbocycles. The zero-order chi connectivity index (χ0) is 21.5. The van der Waals surface area contributed by atoms with Crippen LogP contribution >= 0.6 is 11.3 Å². The number of nitrogens with zero attached hydrogens (tertiary/aromatic N) is 2. The highest BCUT2D eigenvalue weighted by molar-refractivity contribution is 7.89. The second kappa shape index (κ2) is 7.38. The van der Waals surface area contributed by atoms with Gasteiger partial charge in [0.2, 0.25) is 15.5 Å². The maximum atomic E-state index is 12.7. The Hall–Kier alpha value is -3.52. The fourth-order valence-electron chi connectivity index (χ4n) is 2.93. The van der Waals surface area contributed by atoms with E-state index in [9.17, 15) is 18.0 Å². The molecule has 10 heteroatoms. The number of fused-ring (bicyclic) bond motifs is 2. The summed E-state index contributed by atoms with van der Waals surface area (Å²) >= 11 is 1.05. The number of rotatable bonds is 3. The number of sulfonamides is 1. The van der Waals surface area contributed by atoms with Crippen LogP contribution in [0, 0.1) is 12.3 Å². The lowest BCUT2D eigenvalue weighted by atomic mass is 10.2. The summed E-state index contributed by atoms with van der Waals surface area (Å²) in [5.41, 5.74) is 0.233. The second-order valence-electron chi connectivity index (χ2n) is 6.24. The average molecular weight is 439 g/mol. The minimum absolute atomic E-state index is 0.0721. The molecule has 0 saturated heterocycles. The first-order valence-electron chi connectivity index (χ1n) is 8.49. The van der Waals surface area contributed by atoms with Crippen molar-refractivity contribution in [1.82, 2.24) is 4.57 Å². The first kappa shape index (κ1) is 19.8. The highest BCUT2D eigenvalue weighted by Crippen LogP contribution is 2.21. The van der Waals surface area contributed by atoms with Crippen molar-refractivity contribution < 1.29 is 17.6 Å². The number of carbonyl (C=O) groups is 1. The van der Waals surface area contributed by atoms with Gasteiger partial charge in [0.25, 0.3) is 5.91 Å². The van der Waals surface area contributed by atoms with Crippen LogP contribution in [0.1, 0.15) is 10.4 Å². The first-order chi connectivity index (χ1) is 14.3. The Morgan fingerprint density at radius 2 is 2.03 bits per heavy atom. The lowest BCUT2D eigenvalue weighted by Gasteiger charge is -2.01. The van der Waals surface area contributed by atoms with Crippen molar-refractivity contribution >= 4 is 48.5 Å². The van der Waals surface area contributed by atoms with Gasteiger partial charge >= 0.3 is 0 Å². The fourth-order valence-corrected chi connectivity index (χ4v) is 4.61. The number of nitrogens with two attached hydrogens (primary N) is 1. The van der Waals surface area contributed by atoms with Crippen molar-refractivity contribution in [3.63, 3.8) is 0 Å². The van der Waals surface area contributed by atoms with E-state index < -0.39 is 21.4 Å². The van der Waals surface area contributed by atoms with Gasteiger partial charge in [-0.25, -0.2) is 13.6 Å². The van der Waals surface area contributed by atoms with Crippen molar-refractivity contribution in [3.05, 3.63) is 69.3 Å². The molecule has 4 rings (SSSR count). The Bertz CT molecular complexity index is 1600. The summed E-state index contributed by atoms with van der Waals surface area (Å²) in [5, 5.41) is 5.45. The largest absolute Gasteiger partial charge is 0.463 e. The van der Waals surface area contributed by atoms with Gasteiger partial charge in [-0.2, -0.15) is 4.99 Å². The van der Waals surface area contributed by atoms with Gasteiger partial charge in [-0.05, 0) is 30.3 Å². The quantitative estimate of drug-likeness (QED) is 0.488. The molecule has 0 radical (unpaired) electrons. The Kier molecular flexibility index (Phi) is 4.87. The Labute approximate surface area is 174 Å². The zero-order valence-electron chi connectivity index (χ0n) is 15.2. The molecule has 0 unspecified atom stereocenters. The van der Waals surface area contributed by atoms with Crippen LogP contribution in [0.3, 0.4) is 0 Å². The van der Waals surface area contributed by atoms with E-state index in [1.165, 1.54) is 18.2 Å². The van der Waals surface area contributed by atoms with Crippen LogP contribution in [0.4, 0.5) is 0 Å². The number of thiazole rings is 1. The van der Waals surface area contributed by atoms with E-state index in [-0.39, 0.29) is 27.2 Å². The van der Waals surface area contributed by atoms with E-state index in [0.29, 0.717) is 15.8 Å². The van der Waals surface area contributed by atoms with Crippen LogP contribution in [0.25, 0.3) is 21.2 Å². The molecular formula is C20H13N3O5S2. The molecule has 150 valence electrons. The number of para-hydroxylation sites is 1. The zero-order valence-corrected chi connectivity index (χ0v) is 16.9. The number of benzene rings is 2. The van der Waals surface area contributed by atoms with Crippen LogP contribution in [-0.4, -0.2) is 18.9 Å². The lowest BCUT2D eigenvalue weighted by molar-refractivity contribution is 0.0995. The van der Waals surface area contributed by atoms with Gasteiger partial charge in [-0.15, -0.1) is 6.42 Å². The molecule has 0 spiro atoms. The molecule has 0 aliphatic heterocycles. The summed E-state index contributed by atoms with van der Waals surface area (Å²) in [6.07, 6.45) is 6.51. The summed E-state index contributed by atoms with van der Waals surface area (Å²) in [6, 6.07) is 10.8. The molecule has 4 aromatic rings. The third-order valence-corrected chi connectivity index (χ3v) is 6.29. The Morgan fingerprint density at radius 3 is 2.77 bits per heavy atom. The lowest BCUT2D eigenvalue weighted by Crippen LogP contribution is -2.19. The van der Waals surface area contributed by atoms with Gasteiger partial charge < -0.3 is 8.98 Å². The molecule has 2 heterocycles. The molecule has 8 nitrogen and oxygen atoms in total. The van der Waals surface area contributed by atoms with Gasteiger partial charge in [-0.3, -0.25) is 9.59 Å². The summed E-state index contributed by atoms with van der Waals surface area (Å²) < 4.78 is 30.7. The van der Waals surface area contributed by atoms with Gasteiger partial charge in [-0.1, -0.05) is 29.4 Å². The molecular weight excluding hydrogens is 426 g/mol. The van der Waals surface area contributed by atoms with E-state index in [4.69, 9.17) is 16.0 Å². The minimum Gasteiger partial charge on any atom is -0.463 e. The molecule has 0 saturated carbocycles. The van der Waals surface area contributed by atoms with Crippen molar-refractivity contribution in [3.8, 4) is 12.3 Å². The van der Waals surface area contributed by atoms with Crippen LogP contribution in [-0.2, 0) is 16.6 Å². The van der Waals surface area contributed by atoms with Crippen molar-refractivity contribution in [1.29, 1.82) is 0 Å². The molecule has 0 aliphatic carbocycles. The number of hydrogen-bond acceptors (Lipinski definition) is 6. The monoisotopic (exact) mass is 439 g/mol. The molecule has 1 amide bonds. The molecule has 0 bridgehead atoms. The summed E-state index contributed by atoms with van der Waals surface area (Å²) in [4.78, 5) is 29.6. The highest BCUT2D eigenvalue weighted by Gasteiger charge is 2.16. The van der Waals surface area contributed by atoms with E-state index >= 15 is 0 Å². The maximum Gasteiger partial charge on any atom is 0.286 e. The fraction of sp³-hybridized carbons (Fsp3) is 0.0500. The predicted octanol–water partition coefficient (Wildman–Crippen LogP) is 1.83. The van der Waals surface area contributed by atoms with Crippen LogP contribution < -0.4 is 15.4 Å². The normalized spacial score (nSPS) is 12.3. The molecule has 0 aliphatic rings. The van der Waals surface area contributed by atoms with Gasteiger partial charge in [0.1, 0.15) is 17.4 Å². The second-order valence-corrected chi connectivity index (χ2v) is 8.81. The number of amides is 1. The summed E-state index contributed by atoms with van der Waals surface area (Å²) in [6.45, 7) is 0.0904. The number of carbonyl (C=O) groups excluding carboxylic acids is 1. The number of hydrogen-bond donors (Lipinski definition) is 1. The average Bonchev–Trinajstić information content (AvgIpc) is 3.04.